The van der Waals surface area contributed by atoms with E-state index in [0.717, 1.165) is 17.3 Å². The molecule has 0 spiro atoms. The summed E-state index contributed by atoms with van der Waals surface area (Å²) in [6.07, 6.45) is 3.40. The average molecular weight is 375 g/mol. The molecule has 2 N–H and O–H groups in total. The van der Waals surface area contributed by atoms with Crippen LogP contribution in [0.15, 0.2) is 28.7 Å². The van der Waals surface area contributed by atoms with Crippen molar-refractivity contribution in [1.29, 1.82) is 0 Å². The Balaban J connectivity index is 1.78. The van der Waals surface area contributed by atoms with Gasteiger partial charge in [-0.1, -0.05) is 28.1 Å². The first-order valence-electron chi connectivity index (χ1n) is 7.12. The molecule has 4 nitrogen and oxygen atoms in total. The van der Waals surface area contributed by atoms with Crippen LogP contribution >= 0.6 is 15.9 Å². The van der Waals surface area contributed by atoms with Gasteiger partial charge in [-0.25, -0.2) is 13.1 Å². The van der Waals surface area contributed by atoms with Crippen molar-refractivity contribution < 1.29 is 8.42 Å². The fourth-order valence-electron chi connectivity index (χ4n) is 2.75. The van der Waals surface area contributed by atoms with Gasteiger partial charge >= 0.3 is 0 Å². The maximum atomic E-state index is 11.3. The van der Waals surface area contributed by atoms with Crippen LogP contribution < -0.4 is 10.0 Å². The first-order chi connectivity index (χ1) is 9.65. The molecule has 0 aromatic heterocycles. The van der Waals surface area contributed by atoms with Gasteiger partial charge < -0.3 is 5.32 Å². The zero-order chi connectivity index (χ0) is 15.7. The highest BCUT2D eigenvalue weighted by Gasteiger charge is 2.32. The summed E-state index contributed by atoms with van der Waals surface area (Å²) in [4.78, 5) is 0. The number of rotatable bonds is 6. The van der Waals surface area contributed by atoms with Crippen molar-refractivity contribution in [3.63, 3.8) is 0 Å². The van der Waals surface area contributed by atoms with E-state index in [9.17, 15) is 8.42 Å². The van der Waals surface area contributed by atoms with Crippen LogP contribution in [-0.2, 0) is 10.0 Å². The Morgan fingerprint density at radius 1 is 1.33 bits per heavy atom. The van der Waals surface area contributed by atoms with E-state index in [4.69, 9.17) is 0 Å². The Bertz CT molecular complexity index is 595. The molecule has 2 rings (SSSR count). The van der Waals surface area contributed by atoms with Crippen molar-refractivity contribution >= 4 is 26.0 Å². The monoisotopic (exact) mass is 374 g/mol. The molecule has 0 amide bonds. The van der Waals surface area contributed by atoms with Gasteiger partial charge in [0.25, 0.3) is 0 Å². The first kappa shape index (κ1) is 16.9. The van der Waals surface area contributed by atoms with E-state index in [-0.39, 0.29) is 0 Å². The number of hydrogen-bond acceptors (Lipinski definition) is 3. The molecule has 1 aromatic carbocycles. The third-order valence-corrected chi connectivity index (χ3v) is 5.17. The van der Waals surface area contributed by atoms with Crippen LogP contribution in [0.4, 0.5) is 0 Å². The maximum Gasteiger partial charge on any atom is 0.209 e. The molecule has 1 fully saturated rings. The van der Waals surface area contributed by atoms with Gasteiger partial charge in [0.15, 0.2) is 0 Å². The number of hydrogen-bond donors (Lipinski definition) is 2. The molecule has 0 bridgehead atoms. The number of sulfonamides is 1. The predicted octanol–water partition coefficient (Wildman–Crippen LogP) is 2.61. The summed E-state index contributed by atoms with van der Waals surface area (Å²) in [6, 6.07) is 8.92. The Labute approximate surface area is 135 Å². The van der Waals surface area contributed by atoms with Crippen LogP contribution in [0, 0.1) is 0 Å². The van der Waals surface area contributed by atoms with Gasteiger partial charge in [-0.2, -0.15) is 0 Å². The normalized spacial score (nSPS) is 22.9. The molecule has 0 aliphatic heterocycles. The van der Waals surface area contributed by atoms with E-state index in [1.54, 1.807) is 0 Å². The summed E-state index contributed by atoms with van der Waals surface area (Å²) >= 11 is 3.50. The van der Waals surface area contributed by atoms with Crippen LogP contribution in [0.5, 0.6) is 0 Å². The first-order valence-corrected chi connectivity index (χ1v) is 9.81. The highest BCUT2D eigenvalue weighted by atomic mass is 79.9. The second-order valence-corrected chi connectivity index (χ2v) is 9.22. The lowest BCUT2D eigenvalue weighted by molar-refractivity contribution is 0.268. The molecule has 1 aromatic rings. The quantitative estimate of drug-likeness (QED) is 0.804. The van der Waals surface area contributed by atoms with Crippen LogP contribution in [0.25, 0.3) is 0 Å². The lowest BCUT2D eigenvalue weighted by atomic mass is 9.75. The molecule has 0 radical (unpaired) electrons. The minimum Gasteiger partial charge on any atom is -0.312 e. The molecule has 0 unspecified atom stereocenters. The molecule has 21 heavy (non-hydrogen) atoms. The van der Waals surface area contributed by atoms with Crippen LogP contribution in [0.3, 0.4) is 0 Å². The molecule has 0 atom stereocenters. The lowest BCUT2D eigenvalue weighted by Crippen LogP contribution is -2.53. The summed E-state index contributed by atoms with van der Waals surface area (Å²) in [7, 11) is -3.17. The van der Waals surface area contributed by atoms with Crippen LogP contribution in [-0.4, -0.2) is 32.8 Å². The van der Waals surface area contributed by atoms with Crippen molar-refractivity contribution in [2.24, 2.45) is 0 Å². The molecule has 1 saturated carbocycles. The van der Waals surface area contributed by atoms with Crippen LogP contribution in [0.1, 0.15) is 38.2 Å². The third-order valence-electron chi connectivity index (χ3n) is 3.75. The maximum absolute atomic E-state index is 11.3. The van der Waals surface area contributed by atoms with E-state index >= 15 is 0 Å². The highest BCUT2D eigenvalue weighted by Crippen LogP contribution is 2.37. The number of benzene rings is 1. The second-order valence-electron chi connectivity index (χ2n) is 6.56. The summed E-state index contributed by atoms with van der Waals surface area (Å²) in [5.74, 6) is 0.603. The Kier molecular flexibility index (Phi) is 5.13. The minimum atomic E-state index is -3.17. The molecule has 1 aliphatic rings. The zero-order valence-electron chi connectivity index (χ0n) is 12.7. The van der Waals surface area contributed by atoms with Gasteiger partial charge in [0, 0.05) is 22.6 Å². The van der Waals surface area contributed by atoms with Gasteiger partial charge in [-0.15, -0.1) is 0 Å². The molecule has 0 saturated heterocycles. The van der Waals surface area contributed by atoms with E-state index in [0.29, 0.717) is 18.5 Å². The summed E-state index contributed by atoms with van der Waals surface area (Å²) in [6.45, 7) is 4.42. The van der Waals surface area contributed by atoms with Gasteiger partial charge in [0.05, 0.1) is 6.26 Å². The SMILES string of the molecule is CC(C)(CNC1CC(c2cccc(Br)c2)C1)NS(C)(=O)=O. The van der Waals surface area contributed by atoms with Gasteiger partial charge in [-0.3, -0.25) is 0 Å². The molecular formula is C15H23BrN2O2S. The zero-order valence-corrected chi connectivity index (χ0v) is 15.1. The topological polar surface area (TPSA) is 58.2 Å². The van der Waals surface area contributed by atoms with Gasteiger partial charge in [0.2, 0.25) is 10.0 Å². The minimum absolute atomic E-state index is 0.464. The van der Waals surface area contributed by atoms with Crippen molar-refractivity contribution in [3.8, 4) is 0 Å². The Morgan fingerprint density at radius 3 is 2.57 bits per heavy atom. The molecule has 0 heterocycles. The van der Waals surface area contributed by atoms with Crippen molar-refractivity contribution in [2.45, 2.75) is 44.2 Å². The van der Waals surface area contributed by atoms with Crippen LogP contribution in [0.2, 0.25) is 0 Å². The van der Waals surface area contributed by atoms with Crippen molar-refractivity contribution in [3.05, 3.63) is 34.3 Å². The van der Waals surface area contributed by atoms with E-state index in [1.165, 1.54) is 11.8 Å². The fraction of sp³-hybridized carbons (Fsp3) is 0.600. The van der Waals surface area contributed by atoms with Crippen molar-refractivity contribution in [1.82, 2.24) is 10.0 Å². The fourth-order valence-corrected chi connectivity index (χ4v) is 4.25. The molecule has 1 aliphatic carbocycles. The van der Waals surface area contributed by atoms with E-state index < -0.39 is 15.6 Å². The lowest BCUT2D eigenvalue weighted by Gasteiger charge is -2.38. The summed E-state index contributed by atoms with van der Waals surface area (Å²) in [5, 5.41) is 3.46. The molecular weight excluding hydrogens is 352 g/mol. The predicted molar refractivity (Wildman–Crippen MR) is 90.0 cm³/mol. The summed E-state index contributed by atoms with van der Waals surface area (Å²) in [5.41, 5.74) is 0.907. The molecule has 118 valence electrons. The number of halogens is 1. The summed E-state index contributed by atoms with van der Waals surface area (Å²) < 4.78 is 26.4. The smallest absolute Gasteiger partial charge is 0.209 e. The Morgan fingerprint density at radius 2 is 2.00 bits per heavy atom. The third kappa shape index (κ3) is 5.36. The average Bonchev–Trinajstić information content (AvgIpc) is 2.23. The van der Waals surface area contributed by atoms with E-state index in [2.05, 4.69) is 44.2 Å². The standard InChI is InChI=1S/C15H23BrN2O2S/c1-15(2,18-21(3,19)20)10-17-14-8-12(9-14)11-5-4-6-13(16)7-11/h4-7,12,14,17-18H,8-10H2,1-3H3. The number of nitrogens with one attached hydrogen (secondary N) is 2. The second kappa shape index (κ2) is 6.36. The van der Waals surface area contributed by atoms with Gasteiger partial charge in [-0.05, 0) is 50.3 Å². The van der Waals surface area contributed by atoms with Crippen molar-refractivity contribution in [2.75, 3.05) is 12.8 Å². The highest BCUT2D eigenvalue weighted by molar-refractivity contribution is 9.10. The largest absolute Gasteiger partial charge is 0.312 e. The molecule has 6 heteroatoms. The van der Waals surface area contributed by atoms with Gasteiger partial charge in [0.1, 0.15) is 0 Å². The van der Waals surface area contributed by atoms with E-state index in [1.807, 2.05) is 19.9 Å². The Hall–Kier alpha value is -0.430.